The van der Waals surface area contributed by atoms with Gasteiger partial charge in [-0.15, -0.1) is 0 Å². The molecule has 2 heterocycles. The Balaban J connectivity index is 0.000000451. The van der Waals surface area contributed by atoms with E-state index < -0.39 is 10.1 Å². The Morgan fingerprint density at radius 2 is 1.66 bits per heavy atom. The van der Waals surface area contributed by atoms with Crippen molar-refractivity contribution < 1.29 is 17.8 Å². The Hall–Kier alpha value is -1.11. The Bertz CT molecular complexity index is 956. The maximum absolute atomic E-state index is 12.6. The predicted molar refractivity (Wildman–Crippen MR) is 139 cm³/mol. The molecule has 0 radical (unpaired) electrons. The number of benzene rings is 1. The molecule has 0 atom stereocenters. The van der Waals surface area contributed by atoms with Gasteiger partial charge in [0.2, 0.25) is 0 Å². The summed E-state index contributed by atoms with van der Waals surface area (Å²) in [6.07, 6.45) is 0.255. The molecule has 0 aromatic heterocycles. The van der Waals surface area contributed by atoms with Crippen LogP contribution < -0.4 is 4.90 Å². The molecule has 0 saturated carbocycles. The first-order valence-electron chi connectivity index (χ1n) is 10.7. The Labute approximate surface area is 205 Å². The summed E-state index contributed by atoms with van der Waals surface area (Å²) in [7, 11) is -4.01. The lowest BCUT2D eigenvalue weighted by Crippen LogP contribution is -2.29. The molecule has 1 amide bonds. The first-order valence-corrected chi connectivity index (χ1v) is 14.3. The van der Waals surface area contributed by atoms with Gasteiger partial charge in [0.25, 0.3) is 16.0 Å². The molecule has 1 fully saturated rings. The van der Waals surface area contributed by atoms with Crippen molar-refractivity contribution in [2.75, 3.05) is 43.4 Å². The quantitative estimate of drug-likeness (QED) is 0.309. The number of hydrogen-bond acceptors (Lipinski definition) is 8. The van der Waals surface area contributed by atoms with Gasteiger partial charge in [-0.3, -0.25) is 14.2 Å². The van der Waals surface area contributed by atoms with E-state index in [4.69, 9.17) is 16.8 Å². The molecule has 0 unspecified atom stereocenters. The fraction of sp³-hybridized carbons (Fsp3) is 0.524. The van der Waals surface area contributed by atoms with Gasteiger partial charge in [0, 0.05) is 18.0 Å². The Kier molecular flexibility index (Phi) is 10.5. The van der Waals surface area contributed by atoms with E-state index in [1.165, 1.54) is 43.2 Å². The van der Waals surface area contributed by atoms with Crippen LogP contribution in [-0.2, 0) is 14.9 Å². The predicted octanol–water partition coefficient (Wildman–Crippen LogP) is 4.27. The van der Waals surface area contributed by atoms with Crippen LogP contribution in [0.5, 0.6) is 0 Å². The van der Waals surface area contributed by atoms with Crippen LogP contribution in [0, 0.1) is 0 Å². The van der Waals surface area contributed by atoms with Gasteiger partial charge in [-0.1, -0.05) is 68.6 Å². The zero-order valence-electron chi connectivity index (χ0n) is 18.9. The summed E-state index contributed by atoms with van der Waals surface area (Å²) in [5.41, 5.74) is 0.930. The van der Waals surface area contributed by atoms with E-state index >= 15 is 0 Å². The van der Waals surface area contributed by atoms with Crippen molar-refractivity contribution >= 4 is 61.8 Å². The highest BCUT2D eigenvalue weighted by atomic mass is 32.2. The zero-order chi connectivity index (χ0) is 23.9. The van der Waals surface area contributed by atoms with Gasteiger partial charge in [-0.25, -0.2) is 0 Å². The van der Waals surface area contributed by atoms with Crippen molar-refractivity contribution in [1.29, 1.82) is 0 Å². The van der Waals surface area contributed by atoms with Gasteiger partial charge < -0.3 is 9.80 Å². The first-order chi connectivity index (χ1) is 15.2. The SMILES string of the molecule is CCN(CC)CC.CCN1C(=O)C(=C2Sc3ccccc3N2CCCS(=O)(=O)O)SC1=S. The minimum Gasteiger partial charge on any atom is -0.334 e. The number of fused-ring (bicyclic) bond motifs is 1. The van der Waals surface area contributed by atoms with Gasteiger partial charge in [0.1, 0.15) is 14.3 Å². The second-order valence-electron chi connectivity index (χ2n) is 7.03. The molecule has 0 bridgehead atoms. The molecule has 7 nitrogen and oxygen atoms in total. The second-order valence-corrected chi connectivity index (χ2v) is 11.3. The minimum atomic E-state index is -4.01. The number of thioether (sulfide) groups is 2. The fourth-order valence-electron chi connectivity index (χ4n) is 3.30. The molecular weight excluding hydrogens is 487 g/mol. The molecule has 2 aliphatic rings. The number of thiocarbonyl (C=S) groups is 1. The van der Waals surface area contributed by atoms with Gasteiger partial charge in [-0.05, 0) is 45.1 Å². The van der Waals surface area contributed by atoms with E-state index in [0.29, 0.717) is 22.3 Å². The van der Waals surface area contributed by atoms with Gasteiger partial charge >= 0.3 is 0 Å². The molecule has 1 aromatic carbocycles. The number of anilines is 1. The summed E-state index contributed by atoms with van der Waals surface area (Å²) in [5.74, 6) is -0.438. The average Bonchev–Trinajstić information content (AvgIpc) is 3.25. The van der Waals surface area contributed by atoms with Crippen LogP contribution in [0.25, 0.3) is 0 Å². The fourth-order valence-corrected chi connectivity index (χ4v) is 6.52. The van der Waals surface area contributed by atoms with Crippen molar-refractivity contribution in [3.63, 3.8) is 0 Å². The third-order valence-electron chi connectivity index (χ3n) is 5.09. The van der Waals surface area contributed by atoms with Crippen LogP contribution in [0.2, 0.25) is 0 Å². The molecule has 178 valence electrons. The van der Waals surface area contributed by atoms with E-state index in [1.807, 2.05) is 36.1 Å². The summed E-state index contributed by atoms with van der Waals surface area (Å²) >= 11 is 8.04. The third-order valence-corrected chi connectivity index (χ3v) is 8.65. The summed E-state index contributed by atoms with van der Waals surface area (Å²) in [6.45, 7) is 12.9. The van der Waals surface area contributed by atoms with E-state index in [9.17, 15) is 13.2 Å². The van der Waals surface area contributed by atoms with E-state index in [2.05, 4.69) is 25.7 Å². The molecule has 2 aliphatic heterocycles. The number of carbonyl (C=O) groups is 1. The maximum Gasteiger partial charge on any atom is 0.268 e. The van der Waals surface area contributed by atoms with E-state index in [0.717, 1.165) is 15.6 Å². The van der Waals surface area contributed by atoms with Crippen molar-refractivity contribution in [3.05, 3.63) is 34.2 Å². The van der Waals surface area contributed by atoms with E-state index in [-0.39, 0.29) is 18.1 Å². The monoisotopic (exact) mass is 517 g/mol. The highest BCUT2D eigenvalue weighted by Crippen LogP contribution is 2.50. The standard InChI is InChI=1S/C15H16N2O4S4.C6H15N/c1-2-16-13(18)12(24-15(16)22)14-17(8-5-9-25(19,20)21)10-6-3-4-7-11(10)23-14;1-4-7(5-2)6-3/h3-4,6-7H,2,5,8-9H2,1H3,(H,19,20,21);4-6H2,1-3H3. The summed E-state index contributed by atoms with van der Waals surface area (Å²) < 4.78 is 31.5. The van der Waals surface area contributed by atoms with Gasteiger partial charge in [0.15, 0.2) is 0 Å². The lowest BCUT2D eigenvalue weighted by Gasteiger charge is -2.21. The number of nitrogens with zero attached hydrogens (tertiary/aromatic N) is 3. The van der Waals surface area contributed by atoms with Crippen LogP contribution in [0.15, 0.2) is 39.1 Å². The van der Waals surface area contributed by atoms with Crippen LogP contribution >= 0.6 is 35.7 Å². The van der Waals surface area contributed by atoms with E-state index in [1.54, 1.807) is 4.90 Å². The summed E-state index contributed by atoms with van der Waals surface area (Å²) in [5, 5.41) is 0.768. The summed E-state index contributed by atoms with van der Waals surface area (Å²) in [4.78, 5) is 20.1. The number of para-hydroxylation sites is 1. The molecule has 0 aliphatic carbocycles. The first kappa shape index (κ1) is 27.1. The zero-order valence-corrected chi connectivity index (χ0v) is 22.2. The summed E-state index contributed by atoms with van der Waals surface area (Å²) in [6, 6.07) is 7.71. The highest BCUT2D eigenvalue weighted by molar-refractivity contribution is 8.27. The van der Waals surface area contributed by atoms with Gasteiger partial charge in [0.05, 0.1) is 11.4 Å². The van der Waals surface area contributed by atoms with Crippen molar-refractivity contribution in [2.45, 2.75) is 39.0 Å². The third kappa shape index (κ3) is 6.94. The van der Waals surface area contributed by atoms with Crippen molar-refractivity contribution in [3.8, 4) is 0 Å². The highest BCUT2D eigenvalue weighted by Gasteiger charge is 2.38. The molecular formula is C21H31N3O4S4. The number of hydrogen-bond donors (Lipinski definition) is 1. The largest absolute Gasteiger partial charge is 0.334 e. The lowest BCUT2D eigenvalue weighted by molar-refractivity contribution is -0.122. The smallest absolute Gasteiger partial charge is 0.268 e. The van der Waals surface area contributed by atoms with Gasteiger partial charge in [-0.2, -0.15) is 8.42 Å². The maximum atomic E-state index is 12.6. The van der Waals surface area contributed by atoms with Crippen LogP contribution in [-0.4, -0.2) is 71.5 Å². The van der Waals surface area contributed by atoms with Crippen LogP contribution in [0.1, 0.15) is 34.1 Å². The molecule has 1 aromatic rings. The topological polar surface area (TPSA) is 81.2 Å². The Morgan fingerprint density at radius 3 is 2.16 bits per heavy atom. The number of likely N-dealkylation sites (N-methyl/N-ethyl adjacent to an activating group) is 1. The van der Waals surface area contributed by atoms with Crippen LogP contribution in [0.4, 0.5) is 5.69 Å². The second kappa shape index (κ2) is 12.4. The molecule has 1 saturated heterocycles. The average molecular weight is 518 g/mol. The van der Waals surface area contributed by atoms with Crippen molar-refractivity contribution in [2.24, 2.45) is 0 Å². The Morgan fingerprint density at radius 1 is 1.03 bits per heavy atom. The molecule has 1 N–H and O–H groups in total. The molecule has 32 heavy (non-hydrogen) atoms. The lowest BCUT2D eigenvalue weighted by atomic mass is 10.3. The number of carbonyl (C=O) groups excluding carboxylic acids is 1. The molecule has 0 spiro atoms. The molecule has 11 heteroatoms. The van der Waals surface area contributed by atoms with Crippen LogP contribution in [0.3, 0.4) is 0 Å². The molecule has 3 rings (SSSR count). The van der Waals surface area contributed by atoms with Crippen molar-refractivity contribution in [1.82, 2.24) is 9.80 Å². The normalized spacial score (nSPS) is 18.3. The number of amides is 1. The number of rotatable bonds is 8. The minimum absolute atomic E-state index is 0.118.